The van der Waals surface area contributed by atoms with Crippen LogP contribution in [0.15, 0.2) is 0 Å². The van der Waals surface area contributed by atoms with Crippen molar-refractivity contribution in [1.82, 2.24) is 5.32 Å². The molecule has 0 radical (unpaired) electrons. The molecule has 0 amide bonds. The Labute approximate surface area is 66.7 Å². The fourth-order valence-corrected chi connectivity index (χ4v) is 1.71. The molecule has 3 heteroatoms. The molecule has 0 aromatic carbocycles. The van der Waals surface area contributed by atoms with Crippen LogP contribution < -0.4 is 5.32 Å². The van der Waals surface area contributed by atoms with Crippen LogP contribution in [0.5, 0.6) is 0 Å². The van der Waals surface area contributed by atoms with Gasteiger partial charge in [-0.1, -0.05) is 6.42 Å². The maximum Gasteiger partial charge on any atom is 0.181 e. The number of hydrogen-bond acceptors (Lipinski definition) is 3. The number of hydrogen-bond donors (Lipinski definition) is 2. The highest BCUT2D eigenvalue weighted by Crippen LogP contribution is 2.26. The summed E-state index contributed by atoms with van der Waals surface area (Å²) in [7, 11) is 0. The zero-order chi connectivity index (χ0) is 7.68. The molecular weight excluding hydrogens is 142 g/mol. The molecule has 2 heterocycles. The number of piperidine rings is 1. The second-order valence-corrected chi connectivity index (χ2v) is 3.45. The van der Waals surface area contributed by atoms with Gasteiger partial charge >= 0.3 is 0 Å². The average Bonchev–Trinajstić information content (AvgIpc) is 2.69. The fraction of sp³-hybridized carbons (Fsp3) is 1.00. The summed E-state index contributed by atoms with van der Waals surface area (Å²) in [6.07, 6.45) is 4.52. The molecule has 0 aliphatic carbocycles. The lowest BCUT2D eigenvalue weighted by atomic mass is 10.0. The number of ether oxygens (including phenoxy) is 1. The van der Waals surface area contributed by atoms with E-state index >= 15 is 0 Å². The van der Waals surface area contributed by atoms with Gasteiger partial charge in [0.2, 0.25) is 0 Å². The van der Waals surface area contributed by atoms with Gasteiger partial charge in [-0.3, -0.25) is 0 Å². The highest BCUT2D eigenvalue weighted by molar-refractivity contribution is 4.83. The Morgan fingerprint density at radius 1 is 1.45 bits per heavy atom. The van der Waals surface area contributed by atoms with Gasteiger partial charge in [-0.05, 0) is 25.8 Å². The third kappa shape index (κ3) is 1.92. The molecule has 64 valence electrons. The van der Waals surface area contributed by atoms with Crippen molar-refractivity contribution in [3.05, 3.63) is 0 Å². The molecule has 2 fully saturated rings. The highest BCUT2D eigenvalue weighted by atomic mass is 16.7. The molecule has 0 bridgehead atoms. The van der Waals surface area contributed by atoms with Crippen LogP contribution in [0.25, 0.3) is 0 Å². The lowest BCUT2D eigenvalue weighted by molar-refractivity contribution is 0.156. The summed E-state index contributed by atoms with van der Waals surface area (Å²) in [5.74, 6) is 0. The van der Waals surface area contributed by atoms with Gasteiger partial charge in [-0.25, -0.2) is 0 Å². The van der Waals surface area contributed by atoms with Crippen LogP contribution in [0, 0.1) is 0 Å². The smallest absolute Gasteiger partial charge is 0.181 e. The van der Waals surface area contributed by atoms with Gasteiger partial charge in [0.05, 0.1) is 0 Å². The van der Waals surface area contributed by atoms with Crippen molar-refractivity contribution in [2.24, 2.45) is 0 Å². The average molecular weight is 157 g/mol. The van der Waals surface area contributed by atoms with Crippen LogP contribution in [0.4, 0.5) is 0 Å². The van der Waals surface area contributed by atoms with E-state index in [9.17, 15) is 0 Å². The van der Waals surface area contributed by atoms with Gasteiger partial charge < -0.3 is 15.2 Å². The molecule has 0 aromatic heterocycles. The first-order valence-electron chi connectivity index (χ1n) is 4.43. The van der Waals surface area contributed by atoms with Gasteiger partial charge in [-0.2, -0.15) is 0 Å². The van der Waals surface area contributed by atoms with Crippen molar-refractivity contribution in [3.8, 4) is 0 Å². The molecule has 0 aromatic rings. The predicted molar refractivity (Wildman–Crippen MR) is 41.1 cm³/mol. The normalized spacial score (nSPS) is 43.9. The summed E-state index contributed by atoms with van der Waals surface area (Å²) in [4.78, 5) is 0. The summed E-state index contributed by atoms with van der Waals surface area (Å²) in [5, 5.41) is 12.3. The van der Waals surface area contributed by atoms with E-state index in [-0.39, 0.29) is 6.10 Å². The van der Waals surface area contributed by atoms with Gasteiger partial charge in [-0.15, -0.1) is 0 Å². The van der Waals surface area contributed by atoms with Crippen molar-refractivity contribution in [2.45, 2.75) is 44.1 Å². The fourth-order valence-electron chi connectivity index (χ4n) is 1.71. The maximum absolute atomic E-state index is 8.91. The Morgan fingerprint density at radius 2 is 2.27 bits per heavy atom. The van der Waals surface area contributed by atoms with Crippen LogP contribution in [0.3, 0.4) is 0 Å². The van der Waals surface area contributed by atoms with E-state index in [2.05, 4.69) is 5.32 Å². The summed E-state index contributed by atoms with van der Waals surface area (Å²) in [6, 6.07) is 0.589. The molecule has 2 N–H and O–H groups in total. The van der Waals surface area contributed by atoms with Crippen LogP contribution in [-0.2, 0) is 4.74 Å². The SMILES string of the molecule is OC1OC1CC1CCCCN1. The first-order chi connectivity index (χ1) is 5.36. The Balaban J connectivity index is 1.68. The molecule has 2 rings (SSSR count). The van der Waals surface area contributed by atoms with Gasteiger partial charge in [0.15, 0.2) is 6.29 Å². The van der Waals surface area contributed by atoms with Crippen LogP contribution >= 0.6 is 0 Å². The molecule has 3 atom stereocenters. The molecule has 2 aliphatic heterocycles. The Bertz CT molecular complexity index is 134. The van der Waals surface area contributed by atoms with Crippen molar-refractivity contribution < 1.29 is 9.84 Å². The monoisotopic (exact) mass is 157 g/mol. The van der Waals surface area contributed by atoms with Gasteiger partial charge in [0, 0.05) is 6.04 Å². The van der Waals surface area contributed by atoms with E-state index in [1.165, 1.54) is 19.3 Å². The number of aliphatic hydroxyl groups excluding tert-OH is 1. The summed E-state index contributed by atoms with van der Waals surface area (Å²) >= 11 is 0. The van der Waals surface area contributed by atoms with Gasteiger partial charge in [0.1, 0.15) is 6.10 Å². The van der Waals surface area contributed by atoms with E-state index in [4.69, 9.17) is 9.84 Å². The standard InChI is InChI=1S/C8H15NO2/c10-8-7(11-8)5-6-3-1-2-4-9-6/h6-10H,1-5H2. The first-order valence-corrected chi connectivity index (χ1v) is 4.43. The van der Waals surface area contributed by atoms with Crippen LogP contribution in [0.1, 0.15) is 25.7 Å². The van der Waals surface area contributed by atoms with Crippen molar-refractivity contribution >= 4 is 0 Å². The van der Waals surface area contributed by atoms with Crippen LogP contribution in [0.2, 0.25) is 0 Å². The highest BCUT2D eigenvalue weighted by Gasteiger charge is 2.38. The molecule has 2 aliphatic rings. The molecular formula is C8H15NO2. The number of rotatable bonds is 2. The third-order valence-corrected chi connectivity index (χ3v) is 2.48. The quantitative estimate of drug-likeness (QED) is 0.564. The first kappa shape index (κ1) is 7.53. The van der Waals surface area contributed by atoms with E-state index in [1.54, 1.807) is 0 Å². The largest absolute Gasteiger partial charge is 0.366 e. The van der Waals surface area contributed by atoms with E-state index in [0.717, 1.165) is 13.0 Å². The Morgan fingerprint density at radius 3 is 2.82 bits per heavy atom. The van der Waals surface area contributed by atoms with Crippen molar-refractivity contribution in [2.75, 3.05) is 6.54 Å². The van der Waals surface area contributed by atoms with E-state index in [1.807, 2.05) is 0 Å². The summed E-state index contributed by atoms with van der Waals surface area (Å²) < 4.78 is 4.94. The molecule has 11 heavy (non-hydrogen) atoms. The minimum absolute atomic E-state index is 0.130. The zero-order valence-corrected chi connectivity index (χ0v) is 6.62. The predicted octanol–water partition coefficient (Wildman–Crippen LogP) is 0.236. The number of nitrogens with one attached hydrogen (secondary N) is 1. The summed E-state index contributed by atoms with van der Waals surface area (Å²) in [5.41, 5.74) is 0. The molecule has 0 spiro atoms. The molecule has 0 saturated carbocycles. The third-order valence-electron chi connectivity index (χ3n) is 2.48. The maximum atomic E-state index is 8.91. The lowest BCUT2D eigenvalue weighted by Crippen LogP contribution is -2.35. The zero-order valence-electron chi connectivity index (χ0n) is 6.62. The second kappa shape index (κ2) is 3.09. The molecule has 3 unspecified atom stereocenters. The Kier molecular flexibility index (Phi) is 2.11. The minimum Gasteiger partial charge on any atom is -0.366 e. The molecule has 2 saturated heterocycles. The lowest BCUT2D eigenvalue weighted by Gasteiger charge is -2.22. The van der Waals surface area contributed by atoms with Crippen LogP contribution in [-0.4, -0.2) is 30.1 Å². The Hall–Kier alpha value is -0.120. The summed E-state index contributed by atoms with van der Waals surface area (Å²) in [6.45, 7) is 1.13. The minimum atomic E-state index is -0.460. The van der Waals surface area contributed by atoms with Crippen molar-refractivity contribution in [3.63, 3.8) is 0 Å². The van der Waals surface area contributed by atoms with E-state index < -0.39 is 6.29 Å². The molecule has 3 nitrogen and oxygen atoms in total. The van der Waals surface area contributed by atoms with Crippen molar-refractivity contribution in [1.29, 1.82) is 0 Å². The van der Waals surface area contributed by atoms with E-state index in [0.29, 0.717) is 6.04 Å². The second-order valence-electron chi connectivity index (χ2n) is 3.45. The number of epoxide rings is 1. The van der Waals surface area contributed by atoms with Gasteiger partial charge in [0.25, 0.3) is 0 Å². The number of aliphatic hydroxyl groups is 1. The topological polar surface area (TPSA) is 44.8 Å².